The number of hydrogen-bond acceptors (Lipinski definition) is 1. The van der Waals surface area contributed by atoms with E-state index in [4.69, 9.17) is 4.74 Å². The minimum absolute atomic E-state index is 0.0362. The summed E-state index contributed by atoms with van der Waals surface area (Å²) in [4.78, 5) is 0. The molecule has 1 aliphatic rings. The van der Waals surface area contributed by atoms with Crippen molar-refractivity contribution in [3.63, 3.8) is 0 Å². The Bertz CT molecular complexity index is 825. The van der Waals surface area contributed by atoms with Crippen LogP contribution in [-0.4, -0.2) is 6.61 Å². The number of unbranched alkanes of at least 4 members (excludes halogenated alkanes) is 3. The number of benzene rings is 2. The van der Waals surface area contributed by atoms with Crippen LogP contribution in [0.25, 0.3) is 11.1 Å². The largest absolute Gasteiger partial charge is 0.373 e. The molecule has 0 spiro atoms. The fourth-order valence-corrected chi connectivity index (χ4v) is 4.40. The number of hydrogen-bond donors (Lipinski definition) is 0. The van der Waals surface area contributed by atoms with Crippen LogP contribution in [0.5, 0.6) is 0 Å². The summed E-state index contributed by atoms with van der Waals surface area (Å²) in [7, 11) is 0. The van der Waals surface area contributed by atoms with Crippen molar-refractivity contribution in [2.75, 3.05) is 6.61 Å². The highest BCUT2D eigenvalue weighted by molar-refractivity contribution is 5.66. The number of aryl methyl sites for hydroxylation is 1. The molecular formula is C26H33F3O. The maximum atomic E-state index is 14.9. The standard InChI is InChI=1S/C26H33F3O/c1-3-5-6-7-9-18-10-12-20(23(27)16-18)21-13-14-22(26(29)25(21)28)24-15-11-19(8-4-2)17-30-24/h10,12-14,16,19,24H,3-9,11,15,17H2,1-2H3. The van der Waals surface area contributed by atoms with E-state index in [1.54, 1.807) is 12.1 Å². The molecule has 2 atom stereocenters. The monoisotopic (exact) mass is 418 g/mol. The third-order valence-electron chi connectivity index (χ3n) is 6.17. The third kappa shape index (κ3) is 5.46. The maximum absolute atomic E-state index is 14.9. The average Bonchev–Trinajstić information content (AvgIpc) is 2.75. The molecule has 1 saturated heterocycles. The Morgan fingerprint density at radius 1 is 0.867 bits per heavy atom. The summed E-state index contributed by atoms with van der Waals surface area (Å²) in [6.45, 7) is 4.87. The second kappa shape index (κ2) is 11.0. The molecule has 1 fully saturated rings. The van der Waals surface area contributed by atoms with Crippen molar-refractivity contribution in [3.05, 3.63) is 58.9 Å². The van der Waals surface area contributed by atoms with Gasteiger partial charge in [0.15, 0.2) is 11.6 Å². The van der Waals surface area contributed by atoms with Gasteiger partial charge in [-0.15, -0.1) is 0 Å². The van der Waals surface area contributed by atoms with Crippen LogP contribution in [0.2, 0.25) is 0 Å². The molecule has 164 valence electrons. The van der Waals surface area contributed by atoms with Gasteiger partial charge in [0.2, 0.25) is 0 Å². The van der Waals surface area contributed by atoms with E-state index in [1.165, 1.54) is 18.6 Å². The predicted octanol–water partition coefficient (Wildman–Crippen LogP) is 8.16. The molecular weight excluding hydrogens is 385 g/mol. The lowest BCUT2D eigenvalue weighted by molar-refractivity contribution is -0.0214. The summed E-state index contributed by atoms with van der Waals surface area (Å²) in [5.41, 5.74) is 1.19. The van der Waals surface area contributed by atoms with Gasteiger partial charge < -0.3 is 4.74 Å². The van der Waals surface area contributed by atoms with E-state index in [0.29, 0.717) is 18.9 Å². The van der Waals surface area contributed by atoms with Crippen LogP contribution in [0.4, 0.5) is 13.2 Å². The first-order chi connectivity index (χ1) is 14.5. The summed E-state index contributed by atoms with van der Waals surface area (Å²) in [5.74, 6) is -1.94. The van der Waals surface area contributed by atoms with Crippen molar-refractivity contribution in [1.29, 1.82) is 0 Å². The topological polar surface area (TPSA) is 9.23 Å². The van der Waals surface area contributed by atoms with Gasteiger partial charge in [0, 0.05) is 16.7 Å². The molecule has 1 heterocycles. The molecule has 0 aliphatic carbocycles. The zero-order chi connectivity index (χ0) is 21.5. The molecule has 4 heteroatoms. The van der Waals surface area contributed by atoms with Gasteiger partial charge >= 0.3 is 0 Å². The normalized spacial score (nSPS) is 19.2. The molecule has 2 aromatic carbocycles. The zero-order valence-corrected chi connectivity index (χ0v) is 18.2. The Hall–Kier alpha value is -1.81. The molecule has 0 bridgehead atoms. The molecule has 0 amide bonds. The van der Waals surface area contributed by atoms with Crippen molar-refractivity contribution in [2.45, 2.75) is 77.7 Å². The van der Waals surface area contributed by atoms with Crippen LogP contribution in [0.3, 0.4) is 0 Å². The van der Waals surface area contributed by atoms with E-state index in [1.807, 2.05) is 6.07 Å². The fraction of sp³-hybridized carbons (Fsp3) is 0.538. The molecule has 2 aromatic rings. The van der Waals surface area contributed by atoms with Crippen molar-refractivity contribution >= 4 is 0 Å². The van der Waals surface area contributed by atoms with Gasteiger partial charge in [-0.25, -0.2) is 13.2 Å². The molecule has 0 saturated carbocycles. The van der Waals surface area contributed by atoms with Crippen molar-refractivity contribution < 1.29 is 17.9 Å². The van der Waals surface area contributed by atoms with E-state index in [2.05, 4.69) is 13.8 Å². The quantitative estimate of drug-likeness (QED) is 0.373. The van der Waals surface area contributed by atoms with Crippen LogP contribution >= 0.6 is 0 Å². The highest BCUT2D eigenvalue weighted by Crippen LogP contribution is 2.37. The lowest BCUT2D eigenvalue weighted by Gasteiger charge is -2.29. The molecule has 0 radical (unpaired) electrons. The second-order valence-electron chi connectivity index (χ2n) is 8.51. The summed E-state index contributed by atoms with van der Waals surface area (Å²) < 4.78 is 50.2. The Balaban J connectivity index is 1.74. The molecule has 0 aromatic heterocycles. The van der Waals surface area contributed by atoms with Gasteiger partial charge in [-0.05, 0) is 49.7 Å². The summed E-state index contributed by atoms with van der Waals surface area (Å²) in [6.07, 6.45) is 8.63. The molecule has 2 unspecified atom stereocenters. The predicted molar refractivity (Wildman–Crippen MR) is 116 cm³/mol. The number of ether oxygens (including phenoxy) is 1. The zero-order valence-electron chi connectivity index (χ0n) is 18.2. The molecule has 1 aliphatic heterocycles. The minimum atomic E-state index is -0.999. The van der Waals surface area contributed by atoms with Crippen LogP contribution in [0.15, 0.2) is 30.3 Å². The van der Waals surface area contributed by atoms with Gasteiger partial charge in [-0.2, -0.15) is 0 Å². The van der Waals surface area contributed by atoms with Gasteiger partial charge in [-0.3, -0.25) is 0 Å². The maximum Gasteiger partial charge on any atom is 0.167 e. The van der Waals surface area contributed by atoms with Crippen molar-refractivity contribution in [3.8, 4) is 11.1 Å². The second-order valence-corrected chi connectivity index (χ2v) is 8.51. The SMILES string of the molecule is CCCCCCc1ccc(-c2ccc(C3CCC(CCC)CO3)c(F)c2F)c(F)c1. The van der Waals surface area contributed by atoms with E-state index in [0.717, 1.165) is 50.5 Å². The first-order valence-corrected chi connectivity index (χ1v) is 11.4. The number of halogens is 3. The Morgan fingerprint density at radius 3 is 2.33 bits per heavy atom. The highest BCUT2D eigenvalue weighted by Gasteiger charge is 2.27. The lowest BCUT2D eigenvalue weighted by Crippen LogP contribution is -2.21. The Kier molecular flexibility index (Phi) is 8.38. The lowest BCUT2D eigenvalue weighted by atomic mass is 9.90. The van der Waals surface area contributed by atoms with E-state index < -0.39 is 23.6 Å². The highest BCUT2D eigenvalue weighted by atomic mass is 19.2. The molecule has 0 N–H and O–H groups in total. The minimum Gasteiger partial charge on any atom is -0.373 e. The number of rotatable bonds is 9. The first-order valence-electron chi connectivity index (χ1n) is 11.4. The van der Waals surface area contributed by atoms with Crippen molar-refractivity contribution in [2.24, 2.45) is 5.92 Å². The fourth-order valence-electron chi connectivity index (χ4n) is 4.40. The van der Waals surface area contributed by atoms with Crippen molar-refractivity contribution in [1.82, 2.24) is 0 Å². The van der Waals surface area contributed by atoms with Crippen LogP contribution in [-0.2, 0) is 11.2 Å². The van der Waals surface area contributed by atoms with Gasteiger partial charge in [-0.1, -0.05) is 63.8 Å². The van der Waals surface area contributed by atoms with E-state index in [-0.39, 0.29) is 16.7 Å². The third-order valence-corrected chi connectivity index (χ3v) is 6.17. The smallest absolute Gasteiger partial charge is 0.167 e. The van der Waals surface area contributed by atoms with E-state index >= 15 is 0 Å². The van der Waals surface area contributed by atoms with Crippen LogP contribution < -0.4 is 0 Å². The van der Waals surface area contributed by atoms with Gasteiger partial charge in [0.05, 0.1) is 12.7 Å². The van der Waals surface area contributed by atoms with E-state index in [9.17, 15) is 13.2 Å². The van der Waals surface area contributed by atoms with Crippen LogP contribution in [0.1, 0.15) is 82.4 Å². The summed E-state index contributed by atoms with van der Waals surface area (Å²) >= 11 is 0. The summed E-state index contributed by atoms with van der Waals surface area (Å²) in [6, 6.07) is 7.86. The van der Waals surface area contributed by atoms with Crippen LogP contribution in [0, 0.1) is 23.4 Å². The summed E-state index contributed by atoms with van der Waals surface area (Å²) in [5, 5.41) is 0. The Labute approximate surface area is 178 Å². The first kappa shape index (κ1) is 22.9. The average molecular weight is 419 g/mol. The Morgan fingerprint density at radius 2 is 1.67 bits per heavy atom. The van der Waals surface area contributed by atoms with Gasteiger partial charge in [0.25, 0.3) is 0 Å². The molecule has 1 nitrogen and oxygen atoms in total. The molecule has 3 rings (SSSR count). The molecule has 30 heavy (non-hydrogen) atoms. The van der Waals surface area contributed by atoms with Gasteiger partial charge in [0.1, 0.15) is 5.82 Å².